The normalized spacial score (nSPS) is 21.8. The summed E-state index contributed by atoms with van der Waals surface area (Å²) in [4.78, 5) is 23.8. The summed E-state index contributed by atoms with van der Waals surface area (Å²) in [5.74, 6) is -0.228. The van der Waals surface area contributed by atoms with Crippen LogP contribution in [0.25, 0.3) is 10.9 Å². The van der Waals surface area contributed by atoms with Gasteiger partial charge in [-0.15, -0.1) is 11.3 Å². The Morgan fingerprint density at radius 3 is 2.85 bits per heavy atom. The zero-order valence-corrected chi connectivity index (χ0v) is 20.6. The van der Waals surface area contributed by atoms with Crippen LogP contribution in [-0.2, 0) is 23.0 Å². The van der Waals surface area contributed by atoms with E-state index in [9.17, 15) is 13.2 Å². The van der Waals surface area contributed by atoms with Crippen LogP contribution in [0.1, 0.15) is 46.1 Å². The molecule has 8 nitrogen and oxygen atoms in total. The summed E-state index contributed by atoms with van der Waals surface area (Å²) in [5, 5.41) is 4.87. The number of benzene rings is 1. The van der Waals surface area contributed by atoms with Gasteiger partial charge in [-0.05, 0) is 44.2 Å². The summed E-state index contributed by atoms with van der Waals surface area (Å²) in [6.07, 6.45) is 4.06. The number of nitrogens with one attached hydrogen (secondary N) is 3. The van der Waals surface area contributed by atoms with Gasteiger partial charge in [0, 0.05) is 52.4 Å². The van der Waals surface area contributed by atoms with Crippen molar-refractivity contribution in [2.75, 3.05) is 13.6 Å². The van der Waals surface area contributed by atoms with Gasteiger partial charge in [-0.2, -0.15) is 0 Å². The number of aromatic nitrogens is 2. The van der Waals surface area contributed by atoms with E-state index in [0.29, 0.717) is 22.0 Å². The number of sulfonamides is 1. The van der Waals surface area contributed by atoms with Crippen LogP contribution in [0.2, 0.25) is 5.02 Å². The molecule has 3 N–H and O–H groups in total. The van der Waals surface area contributed by atoms with Crippen molar-refractivity contribution in [1.29, 1.82) is 0 Å². The summed E-state index contributed by atoms with van der Waals surface area (Å²) in [6.45, 7) is 1.74. The molecular weight excluding hydrogens is 482 g/mol. The van der Waals surface area contributed by atoms with Gasteiger partial charge in [-0.25, -0.2) is 18.1 Å². The lowest BCUT2D eigenvalue weighted by Gasteiger charge is -2.32. The van der Waals surface area contributed by atoms with E-state index < -0.39 is 10.0 Å². The number of aromatic amines is 1. The second-order valence-electron chi connectivity index (χ2n) is 8.83. The molecule has 0 radical (unpaired) electrons. The number of thiazole rings is 1. The molecule has 0 bridgehead atoms. The number of hydrogen-bond donors (Lipinski definition) is 3. The Hall–Kier alpha value is -1.98. The molecule has 1 amide bonds. The van der Waals surface area contributed by atoms with Crippen molar-refractivity contribution >= 4 is 49.8 Å². The molecule has 1 fully saturated rings. The molecule has 11 heteroatoms. The van der Waals surface area contributed by atoms with Gasteiger partial charge in [0.25, 0.3) is 15.9 Å². The van der Waals surface area contributed by atoms with Crippen LogP contribution in [-0.4, -0.2) is 54.9 Å². The topological polar surface area (TPSA) is 107 Å². The van der Waals surface area contributed by atoms with E-state index in [2.05, 4.69) is 32.0 Å². The van der Waals surface area contributed by atoms with Gasteiger partial charge in [-0.1, -0.05) is 24.4 Å². The first kappa shape index (κ1) is 22.8. The third-order valence-corrected chi connectivity index (χ3v) is 9.08. The maximum absolute atomic E-state index is 13.1. The van der Waals surface area contributed by atoms with E-state index in [4.69, 9.17) is 11.6 Å². The first-order chi connectivity index (χ1) is 15.8. The maximum atomic E-state index is 13.1. The summed E-state index contributed by atoms with van der Waals surface area (Å²) < 4.78 is 29.1. The fourth-order valence-electron chi connectivity index (χ4n) is 4.58. The Bertz CT molecular complexity index is 1300. The molecule has 2 aliphatic rings. The first-order valence-electron chi connectivity index (χ1n) is 11.1. The summed E-state index contributed by atoms with van der Waals surface area (Å²) >= 11 is 7.46. The highest BCUT2D eigenvalue weighted by Crippen LogP contribution is 2.27. The number of amides is 1. The molecule has 2 aromatic heterocycles. The molecule has 3 heterocycles. The number of halogens is 1. The number of H-pyrrole nitrogens is 1. The minimum absolute atomic E-state index is 0.0899. The smallest absolute Gasteiger partial charge is 0.280 e. The highest BCUT2D eigenvalue weighted by atomic mass is 35.5. The zero-order valence-electron chi connectivity index (χ0n) is 18.2. The van der Waals surface area contributed by atoms with Gasteiger partial charge in [0.2, 0.25) is 0 Å². The lowest BCUT2D eigenvalue weighted by Crippen LogP contribution is -2.53. The van der Waals surface area contributed by atoms with Crippen LogP contribution in [0.15, 0.2) is 29.3 Å². The van der Waals surface area contributed by atoms with Gasteiger partial charge < -0.3 is 15.2 Å². The second kappa shape index (κ2) is 8.99. The van der Waals surface area contributed by atoms with E-state index in [-0.39, 0.29) is 23.0 Å². The van der Waals surface area contributed by atoms with Crippen molar-refractivity contribution in [3.63, 3.8) is 0 Å². The van der Waals surface area contributed by atoms with Crippen molar-refractivity contribution in [1.82, 2.24) is 24.9 Å². The quantitative estimate of drug-likeness (QED) is 0.491. The van der Waals surface area contributed by atoms with Crippen molar-refractivity contribution in [2.24, 2.45) is 0 Å². The molecule has 3 aromatic rings. The number of carbonyl (C=O) groups excluding carboxylic acids is 1. The molecule has 1 aromatic carbocycles. The van der Waals surface area contributed by atoms with E-state index in [1.54, 1.807) is 24.3 Å². The van der Waals surface area contributed by atoms with Crippen LogP contribution in [0.5, 0.6) is 0 Å². The predicted molar refractivity (Wildman–Crippen MR) is 129 cm³/mol. The minimum atomic E-state index is -3.79. The predicted octanol–water partition coefficient (Wildman–Crippen LogP) is 3.29. The average Bonchev–Trinajstić information content (AvgIpc) is 3.39. The third kappa shape index (κ3) is 4.81. The molecule has 2 atom stereocenters. The average molecular weight is 508 g/mol. The van der Waals surface area contributed by atoms with Gasteiger partial charge in [0.1, 0.15) is 5.03 Å². The fraction of sp³-hybridized carbons (Fsp3) is 0.455. The number of rotatable bonds is 5. The fourth-order valence-corrected chi connectivity index (χ4v) is 7.19. The van der Waals surface area contributed by atoms with Gasteiger partial charge in [-0.3, -0.25) is 4.79 Å². The Balaban J connectivity index is 1.31. The van der Waals surface area contributed by atoms with Crippen LogP contribution >= 0.6 is 22.9 Å². The molecule has 33 heavy (non-hydrogen) atoms. The molecule has 176 valence electrons. The molecule has 5 rings (SSSR count). The SMILES string of the molecule is CN1CCc2nc(C(=O)N[C@H]3CCCC[C@H]3NS(=O)(=O)c3cc4cc(Cl)ccc4[nH]3)sc2C1. The highest BCUT2D eigenvalue weighted by Gasteiger charge is 2.32. The van der Waals surface area contributed by atoms with E-state index in [1.165, 1.54) is 11.3 Å². The van der Waals surface area contributed by atoms with Crippen molar-refractivity contribution in [2.45, 2.75) is 55.8 Å². The second-order valence-corrected chi connectivity index (χ2v) is 12.0. The number of hydrogen-bond acceptors (Lipinski definition) is 6. The Morgan fingerprint density at radius 2 is 2.03 bits per heavy atom. The third-order valence-electron chi connectivity index (χ3n) is 6.35. The minimum Gasteiger partial charge on any atom is -0.346 e. The first-order valence-corrected chi connectivity index (χ1v) is 13.7. The largest absolute Gasteiger partial charge is 0.346 e. The van der Waals surface area contributed by atoms with E-state index >= 15 is 0 Å². The van der Waals surface area contributed by atoms with Crippen LogP contribution in [0.4, 0.5) is 0 Å². The monoisotopic (exact) mass is 507 g/mol. The molecule has 0 saturated heterocycles. The summed E-state index contributed by atoms with van der Waals surface area (Å²) in [5.41, 5.74) is 1.70. The van der Waals surface area contributed by atoms with Crippen LogP contribution in [0.3, 0.4) is 0 Å². The van der Waals surface area contributed by atoms with Crippen molar-refractivity contribution in [3.05, 3.63) is 44.9 Å². The van der Waals surface area contributed by atoms with Gasteiger partial charge >= 0.3 is 0 Å². The summed E-state index contributed by atoms with van der Waals surface area (Å²) in [7, 11) is -1.74. The molecule has 1 aliphatic heterocycles. The lowest BCUT2D eigenvalue weighted by molar-refractivity contribution is 0.0918. The Morgan fingerprint density at radius 1 is 1.24 bits per heavy atom. The van der Waals surface area contributed by atoms with E-state index in [1.807, 2.05) is 0 Å². The number of likely N-dealkylation sites (N-methyl/N-ethyl adjacent to an activating group) is 1. The van der Waals surface area contributed by atoms with Crippen LogP contribution in [0, 0.1) is 0 Å². The summed E-state index contributed by atoms with van der Waals surface area (Å²) in [6, 6.07) is 6.10. The molecule has 0 unspecified atom stereocenters. The Kier molecular flexibility index (Phi) is 6.21. The Labute approximate surface area is 201 Å². The number of fused-ring (bicyclic) bond motifs is 2. The number of carbonyl (C=O) groups is 1. The molecular formula is C22H26ClN5O3S2. The van der Waals surface area contributed by atoms with Gasteiger partial charge in [0.05, 0.1) is 5.69 Å². The highest BCUT2D eigenvalue weighted by molar-refractivity contribution is 7.89. The maximum Gasteiger partial charge on any atom is 0.280 e. The molecule has 0 spiro atoms. The van der Waals surface area contributed by atoms with Crippen LogP contribution < -0.4 is 10.0 Å². The lowest BCUT2D eigenvalue weighted by atomic mass is 9.91. The van der Waals surface area contributed by atoms with Crippen molar-refractivity contribution in [3.8, 4) is 0 Å². The van der Waals surface area contributed by atoms with Gasteiger partial charge in [0.15, 0.2) is 5.01 Å². The molecule has 1 saturated carbocycles. The van der Waals surface area contributed by atoms with E-state index in [0.717, 1.165) is 54.7 Å². The standard InChI is InChI=1S/C22H26ClN5O3S2/c1-28-9-8-18-19(12-28)32-22(26-18)21(29)25-16-4-2-3-5-17(16)27-33(30,31)20-11-13-10-14(23)6-7-15(13)24-20/h6-7,10-11,16-17,24,27H,2-5,8-9,12H2,1H3,(H,25,29)/t16-,17+/m0/s1. The van der Waals surface area contributed by atoms with Crippen molar-refractivity contribution < 1.29 is 13.2 Å². The molecule has 1 aliphatic carbocycles. The number of nitrogens with zero attached hydrogens (tertiary/aromatic N) is 2. The zero-order chi connectivity index (χ0) is 23.2.